The number of nitro groups is 1. The third-order valence-electron chi connectivity index (χ3n) is 4.90. The highest BCUT2D eigenvalue weighted by Gasteiger charge is 2.31. The Hall–Kier alpha value is -2.49. The van der Waals surface area contributed by atoms with Crippen molar-refractivity contribution in [2.75, 3.05) is 33.2 Å². The van der Waals surface area contributed by atoms with Crippen LogP contribution in [0.5, 0.6) is 11.5 Å². The summed E-state index contributed by atoms with van der Waals surface area (Å²) in [6.07, 6.45) is 0. The summed E-state index contributed by atoms with van der Waals surface area (Å²) in [6, 6.07) is 9.38. The maximum absolute atomic E-state index is 12.9. The molecule has 2 aromatic carbocycles. The number of nitro benzene ring substituents is 1. The summed E-state index contributed by atoms with van der Waals surface area (Å²) in [4.78, 5) is 12.1. The van der Waals surface area contributed by atoms with Crippen LogP contribution in [-0.4, -0.2) is 50.9 Å². The predicted octanol–water partition coefficient (Wildman–Crippen LogP) is 1.52. The number of hydrogen-bond donors (Lipinski definition) is 1. The minimum Gasteiger partial charge on any atom is -0.450 e. The Balaban J connectivity index is 1.95. The van der Waals surface area contributed by atoms with E-state index in [9.17, 15) is 18.5 Å². The first kappa shape index (κ1) is 20.2. The summed E-state index contributed by atoms with van der Waals surface area (Å²) in [5.41, 5.74) is 1.41. The zero-order chi connectivity index (χ0) is 20.5. The van der Waals surface area contributed by atoms with E-state index >= 15 is 0 Å². The van der Waals surface area contributed by atoms with Gasteiger partial charge in [-0.3, -0.25) is 10.1 Å². The Morgan fingerprint density at radius 1 is 1.07 bits per heavy atom. The number of hydrogen-bond acceptors (Lipinski definition) is 5. The highest BCUT2D eigenvalue weighted by atomic mass is 32.2. The summed E-state index contributed by atoms with van der Waals surface area (Å²) in [5.74, 6) is 0.515. The Bertz CT molecular complexity index is 999. The van der Waals surface area contributed by atoms with Gasteiger partial charge in [0, 0.05) is 6.07 Å². The summed E-state index contributed by atoms with van der Waals surface area (Å²) in [7, 11) is -1.78. The zero-order valence-electron chi connectivity index (χ0n) is 16.1. The summed E-state index contributed by atoms with van der Waals surface area (Å²) < 4.78 is 32.9. The lowest BCUT2D eigenvalue weighted by Crippen LogP contribution is -3.12. The van der Waals surface area contributed by atoms with Crippen molar-refractivity contribution in [2.24, 2.45) is 0 Å². The Morgan fingerprint density at radius 3 is 2.39 bits per heavy atom. The highest BCUT2D eigenvalue weighted by molar-refractivity contribution is 7.89. The lowest BCUT2D eigenvalue weighted by atomic mass is 10.1. The molecule has 0 aliphatic carbocycles. The van der Waals surface area contributed by atoms with E-state index in [1.807, 2.05) is 33.0 Å². The van der Waals surface area contributed by atoms with Gasteiger partial charge in [0.15, 0.2) is 0 Å². The van der Waals surface area contributed by atoms with Gasteiger partial charge < -0.3 is 9.64 Å². The second-order valence-electron chi connectivity index (χ2n) is 7.12. The van der Waals surface area contributed by atoms with Crippen molar-refractivity contribution < 1.29 is 23.0 Å². The van der Waals surface area contributed by atoms with E-state index in [1.165, 1.54) is 21.3 Å². The second kappa shape index (κ2) is 7.86. The van der Waals surface area contributed by atoms with Crippen LogP contribution in [0.2, 0.25) is 0 Å². The molecule has 1 saturated heterocycles. The van der Waals surface area contributed by atoms with Crippen molar-refractivity contribution >= 4 is 15.7 Å². The van der Waals surface area contributed by atoms with E-state index in [0.717, 1.165) is 17.2 Å². The first-order valence-electron chi connectivity index (χ1n) is 9.03. The van der Waals surface area contributed by atoms with Gasteiger partial charge in [-0.15, -0.1) is 0 Å². The number of piperazine rings is 1. The van der Waals surface area contributed by atoms with Crippen molar-refractivity contribution in [1.29, 1.82) is 0 Å². The topological polar surface area (TPSA) is 94.2 Å². The van der Waals surface area contributed by atoms with Crippen molar-refractivity contribution in [3.63, 3.8) is 0 Å². The minimum atomic E-state index is -3.79. The van der Waals surface area contributed by atoms with E-state index in [0.29, 0.717) is 31.9 Å². The molecule has 1 aliphatic heterocycles. The zero-order valence-corrected chi connectivity index (χ0v) is 17.0. The molecular formula is C19H24N3O5S+. The molecule has 1 aliphatic rings. The Kier molecular flexibility index (Phi) is 5.69. The summed E-state index contributed by atoms with van der Waals surface area (Å²) in [5, 5.41) is 11.6. The molecule has 0 spiro atoms. The second-order valence-corrected chi connectivity index (χ2v) is 9.06. The van der Waals surface area contributed by atoms with Crippen LogP contribution in [0, 0.1) is 24.0 Å². The number of aryl methyl sites for hydroxylation is 2. The molecule has 150 valence electrons. The molecule has 28 heavy (non-hydrogen) atoms. The first-order chi connectivity index (χ1) is 13.2. The van der Waals surface area contributed by atoms with Crippen molar-refractivity contribution in [3.8, 4) is 11.5 Å². The molecular weight excluding hydrogens is 382 g/mol. The van der Waals surface area contributed by atoms with Gasteiger partial charge in [-0.05, 0) is 43.2 Å². The highest BCUT2D eigenvalue weighted by Crippen LogP contribution is 2.35. The Morgan fingerprint density at radius 2 is 1.75 bits per heavy atom. The largest absolute Gasteiger partial charge is 0.450 e. The maximum atomic E-state index is 12.9. The molecule has 9 heteroatoms. The molecule has 8 nitrogen and oxygen atoms in total. The molecule has 0 aromatic heterocycles. The van der Waals surface area contributed by atoms with Crippen LogP contribution in [0.25, 0.3) is 0 Å². The normalized spacial score (nSPS) is 16.1. The molecule has 0 radical (unpaired) electrons. The van der Waals surface area contributed by atoms with Crippen LogP contribution in [-0.2, 0) is 10.0 Å². The lowest BCUT2D eigenvalue weighted by molar-refractivity contribution is -0.883. The minimum absolute atomic E-state index is 0.0143. The fraction of sp³-hybridized carbons (Fsp3) is 0.368. The average Bonchev–Trinajstić information content (AvgIpc) is 2.65. The third-order valence-corrected chi connectivity index (χ3v) is 6.80. The molecule has 1 N–H and O–H groups in total. The first-order valence-corrected chi connectivity index (χ1v) is 10.5. The van der Waals surface area contributed by atoms with Crippen molar-refractivity contribution in [3.05, 3.63) is 57.6 Å². The van der Waals surface area contributed by atoms with Crippen molar-refractivity contribution in [2.45, 2.75) is 18.7 Å². The van der Waals surface area contributed by atoms with Crippen LogP contribution in [0.3, 0.4) is 0 Å². The number of sulfonamides is 1. The SMILES string of the molecule is Cc1ccc(C)c(Oc2ccc(S(=O)(=O)N3CC[NH+](C)CC3)cc2[N+](=O)[O-])c1. The molecule has 1 heterocycles. The quantitative estimate of drug-likeness (QED) is 0.600. The lowest BCUT2D eigenvalue weighted by Gasteiger charge is -2.29. The third kappa shape index (κ3) is 4.16. The number of ether oxygens (including phenoxy) is 1. The number of rotatable bonds is 5. The van der Waals surface area contributed by atoms with E-state index < -0.39 is 14.9 Å². The maximum Gasteiger partial charge on any atom is 0.312 e. The van der Waals surface area contributed by atoms with Crippen LogP contribution in [0.4, 0.5) is 5.69 Å². The van der Waals surface area contributed by atoms with Crippen LogP contribution in [0.1, 0.15) is 11.1 Å². The smallest absolute Gasteiger partial charge is 0.312 e. The fourth-order valence-corrected chi connectivity index (χ4v) is 4.54. The van der Waals surface area contributed by atoms with Gasteiger partial charge >= 0.3 is 5.69 Å². The molecule has 1 fully saturated rings. The van der Waals surface area contributed by atoms with E-state index in [4.69, 9.17) is 4.74 Å². The van der Waals surface area contributed by atoms with Crippen LogP contribution >= 0.6 is 0 Å². The molecule has 0 atom stereocenters. The number of nitrogens with one attached hydrogen (secondary N) is 1. The van der Waals surface area contributed by atoms with Gasteiger partial charge in [-0.25, -0.2) is 8.42 Å². The standard InChI is InChI=1S/C19H23N3O5S/c1-14-4-5-15(2)19(12-14)27-18-7-6-16(13-17(18)22(23)24)28(25,26)21-10-8-20(3)9-11-21/h4-7,12-13H,8-11H2,1-3H3/p+1. The van der Waals surface area contributed by atoms with Gasteiger partial charge in [-0.2, -0.15) is 4.31 Å². The summed E-state index contributed by atoms with van der Waals surface area (Å²) in [6.45, 7) is 5.93. The van der Waals surface area contributed by atoms with Gasteiger partial charge in [0.1, 0.15) is 5.75 Å². The van der Waals surface area contributed by atoms with Gasteiger partial charge in [0.25, 0.3) is 0 Å². The Labute approximate surface area is 164 Å². The van der Waals surface area contributed by atoms with Gasteiger partial charge in [0.05, 0.1) is 43.0 Å². The number of benzene rings is 2. The predicted molar refractivity (Wildman–Crippen MR) is 104 cm³/mol. The van der Waals surface area contributed by atoms with E-state index in [2.05, 4.69) is 0 Å². The summed E-state index contributed by atoms with van der Waals surface area (Å²) >= 11 is 0. The van der Waals surface area contributed by atoms with Gasteiger partial charge in [0.2, 0.25) is 15.8 Å². The molecule has 0 unspecified atom stereocenters. The molecule has 2 aromatic rings. The molecule has 0 amide bonds. The monoisotopic (exact) mass is 406 g/mol. The average molecular weight is 406 g/mol. The molecule has 0 bridgehead atoms. The van der Waals surface area contributed by atoms with Crippen LogP contribution in [0.15, 0.2) is 41.3 Å². The molecule has 0 saturated carbocycles. The van der Waals surface area contributed by atoms with Crippen molar-refractivity contribution in [1.82, 2.24) is 4.31 Å². The number of likely N-dealkylation sites (N-methyl/N-ethyl adjacent to an activating group) is 1. The molecule has 3 rings (SSSR count). The van der Waals surface area contributed by atoms with Gasteiger partial charge in [-0.1, -0.05) is 12.1 Å². The number of quaternary nitrogens is 1. The van der Waals surface area contributed by atoms with Crippen LogP contribution < -0.4 is 9.64 Å². The van der Waals surface area contributed by atoms with E-state index in [-0.39, 0.29) is 16.3 Å². The number of nitrogens with zero attached hydrogens (tertiary/aromatic N) is 2. The van der Waals surface area contributed by atoms with E-state index in [1.54, 1.807) is 6.07 Å². The fourth-order valence-electron chi connectivity index (χ4n) is 3.08.